The molecule has 0 aliphatic heterocycles. The van der Waals surface area contributed by atoms with Crippen LogP contribution in [0.4, 0.5) is 4.39 Å². The summed E-state index contributed by atoms with van der Waals surface area (Å²) in [5.41, 5.74) is 0.353. The van der Waals surface area contributed by atoms with Gasteiger partial charge in [0.2, 0.25) is 0 Å². The SMILES string of the molecule is COc1ccccc1OCc1cccc(C#N)c1F. The lowest BCUT2D eigenvalue weighted by Crippen LogP contribution is -2.01. The van der Waals surface area contributed by atoms with E-state index in [9.17, 15) is 4.39 Å². The fourth-order valence-corrected chi connectivity index (χ4v) is 1.67. The lowest BCUT2D eigenvalue weighted by molar-refractivity contribution is 0.279. The molecule has 2 aromatic carbocycles. The van der Waals surface area contributed by atoms with Crippen LogP contribution in [0.2, 0.25) is 0 Å². The van der Waals surface area contributed by atoms with Crippen LogP contribution in [0.1, 0.15) is 11.1 Å². The highest BCUT2D eigenvalue weighted by molar-refractivity contribution is 5.40. The molecule has 2 rings (SSSR count). The number of ether oxygens (including phenoxy) is 2. The Labute approximate surface area is 110 Å². The summed E-state index contributed by atoms with van der Waals surface area (Å²) in [5, 5.41) is 8.76. The zero-order valence-electron chi connectivity index (χ0n) is 10.4. The maximum Gasteiger partial charge on any atom is 0.161 e. The summed E-state index contributed by atoms with van der Waals surface area (Å²) in [6.45, 7) is 0.0434. The van der Waals surface area contributed by atoms with Crippen LogP contribution in [-0.4, -0.2) is 7.11 Å². The van der Waals surface area contributed by atoms with E-state index in [1.54, 1.807) is 43.5 Å². The predicted molar refractivity (Wildman–Crippen MR) is 68.4 cm³/mol. The highest BCUT2D eigenvalue weighted by Crippen LogP contribution is 2.27. The molecule has 0 N–H and O–H groups in total. The maximum absolute atomic E-state index is 13.8. The fraction of sp³-hybridized carbons (Fsp3) is 0.133. The Morgan fingerprint density at radius 2 is 1.84 bits per heavy atom. The van der Waals surface area contributed by atoms with E-state index in [0.29, 0.717) is 17.1 Å². The molecule has 96 valence electrons. The summed E-state index contributed by atoms with van der Waals surface area (Å²) < 4.78 is 24.5. The number of hydrogen-bond donors (Lipinski definition) is 0. The predicted octanol–water partition coefficient (Wildman–Crippen LogP) is 3.28. The van der Waals surface area contributed by atoms with Crippen LogP contribution in [0.3, 0.4) is 0 Å². The second-order valence-corrected chi connectivity index (χ2v) is 3.83. The molecule has 2 aromatic rings. The van der Waals surface area contributed by atoms with Crippen LogP contribution in [-0.2, 0) is 6.61 Å². The average Bonchev–Trinajstić information content (AvgIpc) is 2.46. The number of rotatable bonds is 4. The molecule has 0 aromatic heterocycles. The minimum Gasteiger partial charge on any atom is -0.493 e. The zero-order valence-corrected chi connectivity index (χ0v) is 10.4. The van der Waals surface area contributed by atoms with Crippen molar-refractivity contribution in [3.63, 3.8) is 0 Å². The molecule has 0 aliphatic rings. The number of halogens is 1. The second-order valence-electron chi connectivity index (χ2n) is 3.83. The highest BCUT2D eigenvalue weighted by Gasteiger charge is 2.09. The van der Waals surface area contributed by atoms with Crippen molar-refractivity contribution in [2.45, 2.75) is 6.61 Å². The number of benzene rings is 2. The van der Waals surface area contributed by atoms with Gasteiger partial charge in [-0.3, -0.25) is 0 Å². The Balaban J connectivity index is 2.17. The fourth-order valence-electron chi connectivity index (χ4n) is 1.67. The molecule has 0 saturated heterocycles. The van der Waals surface area contributed by atoms with Gasteiger partial charge >= 0.3 is 0 Å². The molecule has 0 radical (unpaired) electrons. The summed E-state index contributed by atoms with van der Waals surface area (Å²) in [7, 11) is 1.54. The van der Waals surface area contributed by atoms with Crippen molar-refractivity contribution in [2.75, 3.05) is 7.11 Å². The molecule has 0 atom stereocenters. The van der Waals surface area contributed by atoms with Gasteiger partial charge in [-0.15, -0.1) is 0 Å². The molecule has 0 saturated carbocycles. The lowest BCUT2D eigenvalue weighted by atomic mass is 10.1. The lowest BCUT2D eigenvalue weighted by Gasteiger charge is -2.11. The van der Waals surface area contributed by atoms with Crippen molar-refractivity contribution in [2.24, 2.45) is 0 Å². The molecule has 3 nitrogen and oxygen atoms in total. The second kappa shape index (κ2) is 5.87. The van der Waals surface area contributed by atoms with Gasteiger partial charge in [-0.05, 0) is 18.2 Å². The van der Waals surface area contributed by atoms with Crippen molar-refractivity contribution in [3.8, 4) is 17.6 Å². The van der Waals surface area contributed by atoms with Crippen LogP contribution >= 0.6 is 0 Å². The minimum atomic E-state index is -0.542. The molecule has 4 heteroatoms. The normalized spacial score (nSPS) is 9.74. The zero-order chi connectivity index (χ0) is 13.7. The molecule has 19 heavy (non-hydrogen) atoms. The molecule has 0 heterocycles. The van der Waals surface area contributed by atoms with Crippen LogP contribution in [0.15, 0.2) is 42.5 Å². The van der Waals surface area contributed by atoms with E-state index in [1.807, 2.05) is 6.07 Å². The Kier molecular flexibility index (Phi) is 3.99. The third kappa shape index (κ3) is 2.83. The van der Waals surface area contributed by atoms with E-state index in [4.69, 9.17) is 14.7 Å². The monoisotopic (exact) mass is 257 g/mol. The summed E-state index contributed by atoms with van der Waals surface area (Å²) in [6.07, 6.45) is 0. The summed E-state index contributed by atoms with van der Waals surface area (Å²) >= 11 is 0. The molecule has 0 bridgehead atoms. The van der Waals surface area contributed by atoms with E-state index in [-0.39, 0.29) is 12.2 Å². The first-order valence-corrected chi connectivity index (χ1v) is 5.69. The summed E-state index contributed by atoms with van der Waals surface area (Å²) in [5.74, 6) is 0.575. The van der Waals surface area contributed by atoms with Crippen LogP contribution in [0.25, 0.3) is 0 Å². The molecule has 0 unspecified atom stereocenters. The molecular weight excluding hydrogens is 245 g/mol. The number of nitrogens with zero attached hydrogens (tertiary/aromatic N) is 1. The van der Waals surface area contributed by atoms with Gasteiger partial charge in [-0.1, -0.05) is 24.3 Å². The Hall–Kier alpha value is -2.54. The van der Waals surface area contributed by atoms with E-state index in [1.165, 1.54) is 6.07 Å². The van der Waals surface area contributed by atoms with Gasteiger partial charge in [0.25, 0.3) is 0 Å². The molecular formula is C15H12FNO2. The van der Waals surface area contributed by atoms with Crippen molar-refractivity contribution in [1.29, 1.82) is 5.26 Å². The number of methoxy groups -OCH3 is 1. The maximum atomic E-state index is 13.8. The number of para-hydroxylation sites is 2. The van der Waals surface area contributed by atoms with Gasteiger partial charge in [-0.2, -0.15) is 5.26 Å². The van der Waals surface area contributed by atoms with Crippen molar-refractivity contribution < 1.29 is 13.9 Å². The first-order valence-electron chi connectivity index (χ1n) is 5.69. The average molecular weight is 257 g/mol. The first-order chi connectivity index (χ1) is 9.26. The molecule has 0 aliphatic carbocycles. The van der Waals surface area contributed by atoms with Gasteiger partial charge in [0.15, 0.2) is 11.5 Å². The Morgan fingerprint density at radius 3 is 2.53 bits per heavy atom. The summed E-state index contributed by atoms with van der Waals surface area (Å²) in [4.78, 5) is 0. The summed E-state index contributed by atoms with van der Waals surface area (Å²) in [6, 6.07) is 13.6. The number of nitriles is 1. The van der Waals surface area contributed by atoms with Crippen molar-refractivity contribution >= 4 is 0 Å². The van der Waals surface area contributed by atoms with Crippen LogP contribution in [0.5, 0.6) is 11.5 Å². The van der Waals surface area contributed by atoms with E-state index in [2.05, 4.69) is 0 Å². The van der Waals surface area contributed by atoms with Crippen molar-refractivity contribution in [3.05, 3.63) is 59.4 Å². The van der Waals surface area contributed by atoms with Gasteiger partial charge < -0.3 is 9.47 Å². The number of hydrogen-bond acceptors (Lipinski definition) is 3. The van der Waals surface area contributed by atoms with Gasteiger partial charge in [0.1, 0.15) is 18.5 Å². The molecule has 0 amide bonds. The Bertz CT molecular complexity index is 620. The standard InChI is InChI=1S/C15H12FNO2/c1-18-13-7-2-3-8-14(13)19-10-12-6-4-5-11(9-17)15(12)16/h2-8H,10H2,1H3. The largest absolute Gasteiger partial charge is 0.493 e. The Morgan fingerprint density at radius 1 is 1.11 bits per heavy atom. The van der Waals surface area contributed by atoms with Gasteiger partial charge in [0, 0.05) is 5.56 Å². The highest BCUT2D eigenvalue weighted by atomic mass is 19.1. The topological polar surface area (TPSA) is 42.2 Å². The first kappa shape index (κ1) is 12.9. The van der Waals surface area contributed by atoms with Gasteiger partial charge in [-0.25, -0.2) is 4.39 Å². The van der Waals surface area contributed by atoms with E-state index in [0.717, 1.165) is 0 Å². The minimum absolute atomic E-state index is 0.0149. The quantitative estimate of drug-likeness (QED) is 0.844. The van der Waals surface area contributed by atoms with E-state index >= 15 is 0 Å². The molecule has 0 fully saturated rings. The van der Waals surface area contributed by atoms with Gasteiger partial charge in [0.05, 0.1) is 12.7 Å². The van der Waals surface area contributed by atoms with E-state index < -0.39 is 5.82 Å². The third-order valence-electron chi connectivity index (χ3n) is 2.65. The van der Waals surface area contributed by atoms with Crippen LogP contribution in [0, 0.1) is 17.1 Å². The van der Waals surface area contributed by atoms with Crippen LogP contribution < -0.4 is 9.47 Å². The molecule has 0 spiro atoms. The third-order valence-corrected chi connectivity index (χ3v) is 2.65. The smallest absolute Gasteiger partial charge is 0.161 e. The van der Waals surface area contributed by atoms with Crippen molar-refractivity contribution in [1.82, 2.24) is 0 Å².